The molecule has 0 unspecified atom stereocenters. The quantitative estimate of drug-likeness (QED) is 0.216. The molecule has 0 saturated carbocycles. The second-order valence-corrected chi connectivity index (χ2v) is 9.66. The van der Waals surface area contributed by atoms with Crippen LogP contribution in [-0.4, -0.2) is 30.1 Å². The fourth-order valence-electron chi connectivity index (χ4n) is 4.96. The Morgan fingerprint density at radius 3 is 2.52 bits per heavy atom. The first-order valence-corrected chi connectivity index (χ1v) is 13.0. The molecule has 0 aliphatic rings. The number of fused-ring (bicyclic) bond motifs is 2. The van der Waals surface area contributed by atoms with Gasteiger partial charge in [-0.05, 0) is 53.1 Å². The van der Waals surface area contributed by atoms with E-state index in [9.17, 15) is 4.39 Å². The van der Waals surface area contributed by atoms with Crippen LogP contribution in [0.1, 0.15) is 11.1 Å². The summed E-state index contributed by atoms with van der Waals surface area (Å²) in [6.45, 7) is 1.51. The van der Waals surface area contributed by atoms with Crippen molar-refractivity contribution in [2.24, 2.45) is 0 Å². The van der Waals surface area contributed by atoms with Crippen LogP contribution in [0.15, 0.2) is 104 Å². The lowest BCUT2D eigenvalue weighted by Gasteiger charge is -2.07. The molecule has 0 amide bonds. The second-order valence-electron chi connectivity index (χ2n) is 9.66. The summed E-state index contributed by atoms with van der Waals surface area (Å²) in [6, 6.07) is 26.9. The molecule has 7 rings (SSSR count). The van der Waals surface area contributed by atoms with Crippen LogP contribution in [0.3, 0.4) is 0 Å². The van der Waals surface area contributed by atoms with Crippen LogP contribution in [0, 0.1) is 5.82 Å². The third-order valence-electron chi connectivity index (χ3n) is 6.92. The molecule has 0 radical (unpaired) electrons. The van der Waals surface area contributed by atoms with Crippen LogP contribution >= 0.6 is 0 Å². The number of halogens is 1. The molecule has 0 atom stereocenters. The molecule has 194 valence electrons. The van der Waals surface area contributed by atoms with E-state index in [0.29, 0.717) is 28.3 Å². The molecule has 0 aliphatic heterocycles. The van der Waals surface area contributed by atoms with Gasteiger partial charge in [0.2, 0.25) is 0 Å². The molecule has 7 nitrogen and oxygen atoms in total. The highest BCUT2D eigenvalue weighted by molar-refractivity contribution is 5.97. The molecule has 0 saturated heterocycles. The molecule has 8 heteroatoms. The molecule has 7 aromatic rings. The fraction of sp³-hybridized carbons (Fsp3) is 0.0625. The molecule has 0 fully saturated rings. The SMILES string of the molecule is Fc1cccc(-c2nccc3[nH]c(-c4n[nH]c5ccc(-c6cncc(CNCc7ccccc7)c6)cc45)nc23)c1. The first kappa shape index (κ1) is 23.9. The molecule has 4 aromatic heterocycles. The first-order chi connectivity index (χ1) is 19.7. The Morgan fingerprint density at radius 2 is 1.62 bits per heavy atom. The van der Waals surface area contributed by atoms with Gasteiger partial charge in [-0.15, -0.1) is 0 Å². The van der Waals surface area contributed by atoms with Gasteiger partial charge in [-0.2, -0.15) is 5.10 Å². The number of aromatic amines is 2. The maximum atomic E-state index is 13.9. The summed E-state index contributed by atoms with van der Waals surface area (Å²) in [4.78, 5) is 17.2. The zero-order valence-corrected chi connectivity index (χ0v) is 21.4. The van der Waals surface area contributed by atoms with Crippen molar-refractivity contribution < 1.29 is 4.39 Å². The number of aromatic nitrogens is 6. The number of imidazole rings is 1. The summed E-state index contributed by atoms with van der Waals surface area (Å²) in [5, 5.41) is 12.1. The van der Waals surface area contributed by atoms with Crippen molar-refractivity contribution >= 4 is 21.9 Å². The van der Waals surface area contributed by atoms with Gasteiger partial charge in [0.25, 0.3) is 0 Å². The van der Waals surface area contributed by atoms with Crippen molar-refractivity contribution in [3.63, 3.8) is 0 Å². The maximum absolute atomic E-state index is 13.9. The minimum absolute atomic E-state index is 0.316. The Kier molecular flexibility index (Phi) is 6.07. The summed E-state index contributed by atoms with van der Waals surface area (Å²) in [6.07, 6.45) is 5.46. The summed E-state index contributed by atoms with van der Waals surface area (Å²) < 4.78 is 13.9. The Labute approximate surface area is 229 Å². The molecular formula is C32H24FN7. The van der Waals surface area contributed by atoms with Gasteiger partial charge in [-0.25, -0.2) is 9.37 Å². The highest BCUT2D eigenvalue weighted by Gasteiger charge is 2.17. The Bertz CT molecular complexity index is 1960. The van der Waals surface area contributed by atoms with Crippen LogP contribution in [0.4, 0.5) is 4.39 Å². The number of pyridine rings is 2. The lowest BCUT2D eigenvalue weighted by atomic mass is 10.0. The third kappa shape index (κ3) is 4.61. The number of rotatable bonds is 7. The maximum Gasteiger partial charge on any atom is 0.159 e. The van der Waals surface area contributed by atoms with Crippen LogP contribution < -0.4 is 5.32 Å². The van der Waals surface area contributed by atoms with E-state index in [0.717, 1.165) is 46.2 Å². The van der Waals surface area contributed by atoms with E-state index >= 15 is 0 Å². The molecule has 0 aliphatic carbocycles. The van der Waals surface area contributed by atoms with E-state index in [1.165, 1.54) is 17.7 Å². The summed E-state index contributed by atoms with van der Waals surface area (Å²) >= 11 is 0. The van der Waals surface area contributed by atoms with E-state index in [4.69, 9.17) is 4.98 Å². The van der Waals surface area contributed by atoms with Crippen molar-refractivity contribution in [2.75, 3.05) is 0 Å². The Morgan fingerprint density at radius 1 is 0.725 bits per heavy atom. The average molecular weight is 526 g/mol. The fourth-order valence-corrected chi connectivity index (χ4v) is 4.96. The molecule has 3 N–H and O–H groups in total. The van der Waals surface area contributed by atoms with Gasteiger partial charge in [0.1, 0.15) is 17.0 Å². The second kappa shape index (κ2) is 10.2. The Hall–Kier alpha value is -5.21. The van der Waals surface area contributed by atoms with Gasteiger partial charge in [0.15, 0.2) is 5.82 Å². The van der Waals surface area contributed by atoms with E-state index in [-0.39, 0.29) is 5.82 Å². The van der Waals surface area contributed by atoms with Crippen LogP contribution in [0.2, 0.25) is 0 Å². The highest BCUT2D eigenvalue weighted by atomic mass is 19.1. The summed E-state index contributed by atoms with van der Waals surface area (Å²) in [5.41, 5.74) is 8.76. The van der Waals surface area contributed by atoms with Gasteiger partial charge >= 0.3 is 0 Å². The largest absolute Gasteiger partial charge is 0.336 e. The predicted octanol–water partition coefficient (Wildman–Crippen LogP) is 6.66. The zero-order valence-electron chi connectivity index (χ0n) is 21.4. The predicted molar refractivity (Wildman–Crippen MR) is 155 cm³/mol. The van der Waals surface area contributed by atoms with Gasteiger partial charge in [-0.1, -0.05) is 48.5 Å². The van der Waals surface area contributed by atoms with Gasteiger partial charge in [0, 0.05) is 48.2 Å². The van der Waals surface area contributed by atoms with Crippen molar-refractivity contribution in [2.45, 2.75) is 13.1 Å². The van der Waals surface area contributed by atoms with Gasteiger partial charge in [0.05, 0.1) is 16.7 Å². The minimum Gasteiger partial charge on any atom is -0.336 e. The van der Waals surface area contributed by atoms with Crippen LogP contribution in [-0.2, 0) is 13.1 Å². The van der Waals surface area contributed by atoms with Crippen molar-refractivity contribution in [3.8, 4) is 33.9 Å². The molecule has 0 bridgehead atoms. The molecule has 3 aromatic carbocycles. The lowest BCUT2D eigenvalue weighted by molar-refractivity contribution is 0.628. The average Bonchev–Trinajstić information content (AvgIpc) is 3.62. The van der Waals surface area contributed by atoms with E-state index in [1.807, 2.05) is 48.8 Å². The third-order valence-corrected chi connectivity index (χ3v) is 6.92. The van der Waals surface area contributed by atoms with Gasteiger partial charge < -0.3 is 10.3 Å². The topological polar surface area (TPSA) is 95.2 Å². The smallest absolute Gasteiger partial charge is 0.159 e. The monoisotopic (exact) mass is 525 g/mol. The van der Waals surface area contributed by atoms with Crippen LogP contribution in [0.25, 0.3) is 55.8 Å². The van der Waals surface area contributed by atoms with E-state index < -0.39 is 0 Å². The number of nitrogens with zero attached hydrogens (tertiary/aromatic N) is 4. The van der Waals surface area contributed by atoms with Gasteiger partial charge in [-0.3, -0.25) is 15.1 Å². The normalized spacial score (nSPS) is 11.4. The van der Waals surface area contributed by atoms with Crippen molar-refractivity contribution in [3.05, 3.63) is 120 Å². The molecular weight excluding hydrogens is 501 g/mol. The number of nitrogens with one attached hydrogen (secondary N) is 3. The standard InChI is InChI=1S/C32H24FN7/c33-25-8-4-7-23(14-25)29-31-28(11-12-36-29)37-32(38-31)30-26-15-22(9-10-27(26)39-40-30)24-13-21(18-35-19-24)17-34-16-20-5-2-1-3-6-20/h1-15,18-19,34H,16-17H2,(H,37,38)(H,39,40). The molecule has 4 heterocycles. The lowest BCUT2D eigenvalue weighted by Crippen LogP contribution is -2.12. The number of H-pyrrole nitrogens is 2. The summed E-state index contributed by atoms with van der Waals surface area (Å²) in [7, 11) is 0. The van der Waals surface area contributed by atoms with E-state index in [2.05, 4.69) is 60.8 Å². The van der Waals surface area contributed by atoms with Crippen molar-refractivity contribution in [1.29, 1.82) is 0 Å². The molecule has 0 spiro atoms. The minimum atomic E-state index is -0.316. The van der Waals surface area contributed by atoms with E-state index in [1.54, 1.807) is 12.3 Å². The highest BCUT2D eigenvalue weighted by Crippen LogP contribution is 2.32. The zero-order chi connectivity index (χ0) is 26.9. The Balaban J connectivity index is 1.20. The molecule has 40 heavy (non-hydrogen) atoms. The first-order valence-electron chi connectivity index (χ1n) is 13.0. The van der Waals surface area contributed by atoms with Crippen LogP contribution in [0.5, 0.6) is 0 Å². The summed E-state index contributed by atoms with van der Waals surface area (Å²) in [5.74, 6) is 0.296. The number of hydrogen-bond acceptors (Lipinski definition) is 5. The number of hydrogen-bond donors (Lipinski definition) is 3. The number of benzene rings is 3. The van der Waals surface area contributed by atoms with Crippen molar-refractivity contribution in [1.82, 2.24) is 35.5 Å².